The number of thiophene rings is 1. The van der Waals surface area contributed by atoms with Crippen molar-refractivity contribution in [1.82, 2.24) is 20.3 Å². The van der Waals surface area contributed by atoms with Crippen LogP contribution in [-0.4, -0.2) is 53.7 Å². The van der Waals surface area contributed by atoms with E-state index in [4.69, 9.17) is 20.0 Å². The molecule has 8 nitrogen and oxygen atoms in total. The van der Waals surface area contributed by atoms with Crippen molar-refractivity contribution < 1.29 is 9.53 Å². The first kappa shape index (κ1) is 21.9. The summed E-state index contributed by atoms with van der Waals surface area (Å²) in [5.74, 6) is 1.12. The second kappa shape index (κ2) is 9.95. The highest BCUT2D eigenvalue weighted by Crippen LogP contribution is 2.34. The monoisotopic (exact) mass is 470 g/mol. The van der Waals surface area contributed by atoms with Gasteiger partial charge in [0, 0.05) is 31.2 Å². The van der Waals surface area contributed by atoms with Gasteiger partial charge in [0.05, 0.1) is 35.8 Å². The lowest BCUT2D eigenvalue weighted by molar-refractivity contribution is 0.0956. The normalized spacial score (nSPS) is 13.6. The van der Waals surface area contributed by atoms with Crippen LogP contribution in [0.1, 0.15) is 21.5 Å². The number of hydrogen-bond donors (Lipinski definition) is 1. The number of hydrogen-bond acceptors (Lipinski definition) is 8. The summed E-state index contributed by atoms with van der Waals surface area (Å²) in [6, 6.07) is 15.2. The molecule has 170 valence electrons. The molecule has 0 saturated carbocycles. The second-order valence-electron chi connectivity index (χ2n) is 7.83. The van der Waals surface area contributed by atoms with Gasteiger partial charge in [-0.15, -0.1) is 11.3 Å². The third kappa shape index (κ3) is 4.59. The predicted molar refractivity (Wildman–Crippen MR) is 131 cm³/mol. The second-order valence-corrected chi connectivity index (χ2v) is 8.69. The average Bonchev–Trinajstić information content (AvgIpc) is 3.33. The van der Waals surface area contributed by atoms with Crippen molar-refractivity contribution in [3.8, 4) is 17.6 Å². The van der Waals surface area contributed by atoms with Crippen LogP contribution >= 0.6 is 11.3 Å². The lowest BCUT2D eigenvalue weighted by Crippen LogP contribution is -2.37. The number of aromatic nitrogens is 3. The number of anilines is 1. The zero-order valence-corrected chi connectivity index (χ0v) is 19.2. The molecule has 1 amide bonds. The first-order valence-electron chi connectivity index (χ1n) is 11.0. The first-order valence-corrected chi connectivity index (χ1v) is 11.9. The van der Waals surface area contributed by atoms with Crippen molar-refractivity contribution in [3.05, 3.63) is 70.7 Å². The number of nitrogens with one attached hydrogen (secondary N) is 1. The minimum Gasteiger partial charge on any atom is -0.378 e. The summed E-state index contributed by atoms with van der Waals surface area (Å²) in [5.41, 5.74) is 2.88. The van der Waals surface area contributed by atoms with Crippen molar-refractivity contribution in [3.63, 3.8) is 0 Å². The lowest BCUT2D eigenvalue weighted by atomic mass is 10.1. The molecule has 0 bridgehead atoms. The standard InChI is InChI=1S/C25H22N6O2S/c26-15-18-5-3-4-17(14-18)7-9-28-24(32)19-16-34-25-21(19)23(31-10-12-33-13-11-31)29-22(30-25)20-6-1-2-8-27-20/h1-6,8,14,16H,7,9-13H2,(H,28,32). The molecule has 3 aromatic heterocycles. The molecule has 1 saturated heterocycles. The van der Waals surface area contributed by atoms with Crippen LogP contribution in [-0.2, 0) is 11.2 Å². The van der Waals surface area contributed by atoms with Crippen LogP contribution < -0.4 is 10.2 Å². The van der Waals surface area contributed by atoms with Crippen molar-refractivity contribution in [1.29, 1.82) is 5.26 Å². The van der Waals surface area contributed by atoms with Crippen LogP contribution in [0, 0.1) is 11.3 Å². The number of carbonyl (C=O) groups is 1. The number of ether oxygens (including phenoxy) is 1. The van der Waals surface area contributed by atoms with Gasteiger partial charge in [0.25, 0.3) is 5.91 Å². The zero-order valence-electron chi connectivity index (χ0n) is 18.4. The van der Waals surface area contributed by atoms with Gasteiger partial charge >= 0.3 is 0 Å². The van der Waals surface area contributed by atoms with Crippen LogP contribution in [0.3, 0.4) is 0 Å². The number of amides is 1. The predicted octanol–water partition coefficient (Wildman–Crippen LogP) is 3.43. The fraction of sp³-hybridized carbons (Fsp3) is 0.240. The Morgan fingerprint density at radius 1 is 1.18 bits per heavy atom. The summed E-state index contributed by atoms with van der Waals surface area (Å²) in [6.07, 6.45) is 2.36. The van der Waals surface area contributed by atoms with Gasteiger partial charge in [-0.25, -0.2) is 9.97 Å². The van der Waals surface area contributed by atoms with Gasteiger partial charge < -0.3 is 15.0 Å². The fourth-order valence-electron chi connectivity index (χ4n) is 3.92. The third-order valence-corrected chi connectivity index (χ3v) is 6.49. The number of fused-ring (bicyclic) bond motifs is 1. The third-order valence-electron chi connectivity index (χ3n) is 5.62. The molecule has 1 fully saturated rings. The minimum atomic E-state index is -0.161. The van der Waals surface area contributed by atoms with Gasteiger partial charge in [0.2, 0.25) is 0 Å². The van der Waals surface area contributed by atoms with Crippen LogP contribution in [0.4, 0.5) is 5.82 Å². The topological polar surface area (TPSA) is 104 Å². The molecule has 5 rings (SSSR count). The molecule has 0 unspecified atom stereocenters. The van der Waals surface area contributed by atoms with Gasteiger partial charge in [0.1, 0.15) is 16.3 Å². The smallest absolute Gasteiger partial charge is 0.252 e. The van der Waals surface area contributed by atoms with Gasteiger partial charge in [0.15, 0.2) is 5.82 Å². The first-order chi connectivity index (χ1) is 16.7. The zero-order chi connectivity index (χ0) is 23.3. The maximum atomic E-state index is 13.2. The van der Waals surface area contributed by atoms with E-state index in [1.165, 1.54) is 11.3 Å². The van der Waals surface area contributed by atoms with Crippen LogP contribution in [0.2, 0.25) is 0 Å². The van der Waals surface area contributed by atoms with E-state index in [9.17, 15) is 4.79 Å². The van der Waals surface area contributed by atoms with Crippen molar-refractivity contribution in [2.45, 2.75) is 6.42 Å². The molecule has 1 aromatic carbocycles. The van der Waals surface area contributed by atoms with E-state index in [2.05, 4.69) is 21.3 Å². The summed E-state index contributed by atoms with van der Waals surface area (Å²) in [5, 5.41) is 14.7. The number of pyridine rings is 1. The number of morpholine rings is 1. The molecule has 1 aliphatic rings. The van der Waals surface area contributed by atoms with Gasteiger partial charge in [-0.3, -0.25) is 9.78 Å². The summed E-state index contributed by atoms with van der Waals surface area (Å²) < 4.78 is 5.52. The SMILES string of the molecule is N#Cc1cccc(CCNC(=O)c2csc3nc(-c4ccccn4)nc(N4CCOCC4)c23)c1. The molecular weight excluding hydrogens is 448 g/mol. The van der Waals surface area contributed by atoms with E-state index in [-0.39, 0.29) is 5.91 Å². The summed E-state index contributed by atoms with van der Waals surface area (Å²) >= 11 is 1.43. The Morgan fingerprint density at radius 2 is 2.06 bits per heavy atom. The Hall–Kier alpha value is -3.87. The highest BCUT2D eigenvalue weighted by Gasteiger charge is 2.24. The Kier molecular flexibility index (Phi) is 6.42. The summed E-state index contributed by atoms with van der Waals surface area (Å²) in [6.45, 7) is 3.07. The Bertz CT molecular complexity index is 1360. The number of carbonyl (C=O) groups excluding carboxylic acids is 1. The number of nitriles is 1. The van der Waals surface area contributed by atoms with Gasteiger partial charge in [-0.1, -0.05) is 18.2 Å². The largest absolute Gasteiger partial charge is 0.378 e. The molecular formula is C25H22N6O2S. The molecule has 1 aliphatic heterocycles. The molecule has 0 spiro atoms. The number of benzene rings is 1. The Morgan fingerprint density at radius 3 is 2.85 bits per heavy atom. The maximum Gasteiger partial charge on any atom is 0.252 e. The quantitative estimate of drug-likeness (QED) is 0.460. The molecule has 1 N–H and O–H groups in total. The van der Waals surface area contributed by atoms with Crippen LogP contribution in [0.15, 0.2) is 54.0 Å². The summed E-state index contributed by atoms with van der Waals surface area (Å²) in [4.78, 5) is 30.0. The van der Waals surface area contributed by atoms with Crippen molar-refractivity contribution >= 4 is 33.3 Å². The number of rotatable bonds is 6. The average molecular weight is 471 g/mol. The van der Waals surface area contributed by atoms with Crippen molar-refractivity contribution in [2.24, 2.45) is 0 Å². The molecule has 0 atom stereocenters. The molecule has 4 aromatic rings. The maximum absolute atomic E-state index is 13.2. The fourth-order valence-corrected chi connectivity index (χ4v) is 4.83. The Balaban J connectivity index is 1.44. The molecule has 0 aliphatic carbocycles. The minimum absolute atomic E-state index is 0.161. The van der Waals surface area contributed by atoms with E-state index in [0.717, 1.165) is 21.6 Å². The van der Waals surface area contributed by atoms with E-state index >= 15 is 0 Å². The van der Waals surface area contributed by atoms with Crippen LogP contribution in [0.5, 0.6) is 0 Å². The van der Waals surface area contributed by atoms with Gasteiger partial charge in [-0.05, 0) is 36.2 Å². The molecule has 9 heteroatoms. The van der Waals surface area contributed by atoms with E-state index in [1.807, 2.05) is 41.8 Å². The van der Waals surface area contributed by atoms with Crippen LogP contribution in [0.25, 0.3) is 21.7 Å². The highest BCUT2D eigenvalue weighted by atomic mass is 32.1. The van der Waals surface area contributed by atoms with E-state index in [1.54, 1.807) is 12.3 Å². The van der Waals surface area contributed by atoms with E-state index in [0.29, 0.717) is 61.9 Å². The number of nitrogens with zero attached hydrogens (tertiary/aromatic N) is 5. The van der Waals surface area contributed by atoms with E-state index < -0.39 is 0 Å². The Labute approximate surface area is 200 Å². The van der Waals surface area contributed by atoms with Crippen molar-refractivity contribution in [2.75, 3.05) is 37.7 Å². The summed E-state index contributed by atoms with van der Waals surface area (Å²) in [7, 11) is 0. The lowest BCUT2D eigenvalue weighted by Gasteiger charge is -2.28. The molecule has 34 heavy (non-hydrogen) atoms. The molecule has 0 radical (unpaired) electrons. The van der Waals surface area contributed by atoms with Gasteiger partial charge in [-0.2, -0.15) is 5.26 Å². The highest BCUT2D eigenvalue weighted by molar-refractivity contribution is 7.17. The molecule has 4 heterocycles.